The fourth-order valence-electron chi connectivity index (χ4n) is 1.38. The van der Waals surface area contributed by atoms with Crippen LogP contribution in [0.15, 0.2) is 29.9 Å². The molecule has 0 aliphatic carbocycles. The third-order valence-electron chi connectivity index (χ3n) is 2.17. The van der Waals surface area contributed by atoms with Gasteiger partial charge in [0.2, 0.25) is 0 Å². The molecule has 0 aliphatic heterocycles. The van der Waals surface area contributed by atoms with Gasteiger partial charge in [0.15, 0.2) is 0 Å². The van der Waals surface area contributed by atoms with Crippen molar-refractivity contribution in [3.8, 4) is 10.6 Å². The number of rotatable bonds is 1. The molecule has 0 bridgehead atoms. The number of aryl methyl sites for hydroxylation is 3. The van der Waals surface area contributed by atoms with Gasteiger partial charge in [0, 0.05) is 36.7 Å². The Hall–Kier alpha value is -1.000. The molecular weight excluding hydrogens is 224 g/mol. The number of hydrogen-bond acceptors (Lipinski definition) is 2. The van der Waals surface area contributed by atoms with Crippen molar-refractivity contribution in [2.24, 2.45) is 14.1 Å². The highest BCUT2D eigenvalue weighted by Crippen LogP contribution is 2.27. The minimum Gasteiger partial charge on any atom is -0.354 e. The quantitative estimate of drug-likeness (QED) is 0.718. The van der Waals surface area contributed by atoms with Gasteiger partial charge in [0.1, 0.15) is 0 Å². The highest BCUT2D eigenvalue weighted by molar-refractivity contribution is 7.15. The van der Waals surface area contributed by atoms with Crippen LogP contribution in [0.25, 0.3) is 10.6 Å². The molecule has 2 heterocycles. The summed E-state index contributed by atoms with van der Waals surface area (Å²) < 4.78 is 4.27. The molecule has 2 rings (SSSR count). The molecule has 0 amide bonds. The van der Waals surface area contributed by atoms with Crippen LogP contribution in [-0.2, 0) is 14.1 Å². The van der Waals surface area contributed by atoms with E-state index in [1.54, 1.807) is 11.5 Å². The van der Waals surface area contributed by atoms with Crippen LogP contribution in [0.5, 0.6) is 0 Å². The summed E-state index contributed by atoms with van der Waals surface area (Å²) in [5.74, 6) is 0. The van der Waals surface area contributed by atoms with Crippen molar-refractivity contribution in [1.82, 2.24) is 8.52 Å². The topological polar surface area (TPSA) is 9.86 Å². The maximum Gasteiger partial charge on any atom is 0.0838 e. The maximum atomic E-state index is 2.19. The fourth-order valence-corrected chi connectivity index (χ4v) is 3.04. The fraction of sp³-hybridized carbons (Fsp3) is 0.273. The number of aromatic nitrogens is 2. The first-order valence-corrected chi connectivity index (χ1v) is 6.40. The predicted octanol–water partition coefficient (Wildman–Crippen LogP) is 3.59. The molecule has 0 aromatic carbocycles. The van der Waals surface area contributed by atoms with E-state index in [2.05, 4.69) is 59.4 Å². The van der Waals surface area contributed by atoms with Gasteiger partial charge in [-0.15, -0.1) is 11.3 Å². The molecule has 0 saturated carbocycles. The van der Waals surface area contributed by atoms with Gasteiger partial charge in [-0.2, -0.15) is 0 Å². The molecule has 80 valence electrons. The molecular formula is C11H14N2S2. The van der Waals surface area contributed by atoms with Crippen LogP contribution in [0.3, 0.4) is 0 Å². The molecule has 0 atom stereocenters. The molecule has 0 radical (unpaired) electrons. The van der Waals surface area contributed by atoms with Crippen LogP contribution in [-0.4, -0.2) is 8.52 Å². The lowest BCUT2D eigenvalue weighted by atomic mass is 10.3. The standard InChI is InChI=1S/C11H14N2S2/c1-9-4-5-11(15-9)10-8-12(2)6-7-14-13(10)3/h4-8H,1-3H3. The zero-order chi connectivity index (χ0) is 10.8. The third-order valence-corrected chi connectivity index (χ3v) is 3.95. The van der Waals surface area contributed by atoms with E-state index >= 15 is 0 Å². The first kappa shape index (κ1) is 10.5. The predicted molar refractivity (Wildman–Crippen MR) is 67.9 cm³/mol. The molecule has 0 N–H and O–H groups in total. The van der Waals surface area contributed by atoms with Gasteiger partial charge < -0.3 is 4.57 Å². The molecule has 0 saturated heterocycles. The normalized spacial score (nSPS) is 10.3. The van der Waals surface area contributed by atoms with Crippen molar-refractivity contribution in [2.75, 3.05) is 0 Å². The Labute approximate surface area is 97.9 Å². The molecule has 0 fully saturated rings. The van der Waals surface area contributed by atoms with Gasteiger partial charge in [-0.25, -0.2) is 0 Å². The van der Waals surface area contributed by atoms with Crippen LogP contribution >= 0.6 is 22.9 Å². The lowest BCUT2D eigenvalue weighted by molar-refractivity contribution is 0.902. The highest BCUT2D eigenvalue weighted by atomic mass is 32.1. The van der Waals surface area contributed by atoms with Crippen LogP contribution in [0.2, 0.25) is 0 Å². The molecule has 2 aromatic rings. The largest absolute Gasteiger partial charge is 0.354 e. The molecule has 4 heteroatoms. The van der Waals surface area contributed by atoms with Crippen LogP contribution < -0.4 is 0 Å². The summed E-state index contributed by atoms with van der Waals surface area (Å²) in [6.07, 6.45) is 4.22. The second-order valence-electron chi connectivity index (χ2n) is 3.48. The summed E-state index contributed by atoms with van der Waals surface area (Å²) in [6.45, 7) is 2.14. The second-order valence-corrected chi connectivity index (χ2v) is 5.80. The zero-order valence-corrected chi connectivity index (χ0v) is 10.7. The van der Waals surface area contributed by atoms with Crippen LogP contribution in [0, 0.1) is 6.92 Å². The molecule has 0 aliphatic rings. The third kappa shape index (κ3) is 2.33. The van der Waals surface area contributed by atoms with Crippen LogP contribution in [0.4, 0.5) is 0 Å². The van der Waals surface area contributed by atoms with Gasteiger partial charge in [0.05, 0.1) is 10.6 Å². The van der Waals surface area contributed by atoms with Crippen molar-refractivity contribution in [2.45, 2.75) is 6.92 Å². The molecule has 0 unspecified atom stereocenters. The maximum absolute atomic E-state index is 2.19. The van der Waals surface area contributed by atoms with E-state index in [-0.39, 0.29) is 0 Å². The Bertz CT molecular complexity index is 498. The summed E-state index contributed by atoms with van der Waals surface area (Å²) >= 11 is 3.54. The Balaban J connectivity index is 2.63. The lowest BCUT2D eigenvalue weighted by Gasteiger charge is -2.01. The van der Waals surface area contributed by atoms with Crippen LogP contribution in [0.1, 0.15) is 4.88 Å². The Kier molecular flexibility index (Phi) is 2.98. The van der Waals surface area contributed by atoms with Crippen molar-refractivity contribution >= 4 is 22.9 Å². The Morgan fingerprint density at radius 3 is 2.67 bits per heavy atom. The van der Waals surface area contributed by atoms with Gasteiger partial charge in [-0.05, 0) is 19.1 Å². The van der Waals surface area contributed by atoms with Crippen molar-refractivity contribution in [3.63, 3.8) is 0 Å². The van der Waals surface area contributed by atoms with Gasteiger partial charge in [0.25, 0.3) is 0 Å². The number of nitrogens with zero attached hydrogens (tertiary/aromatic N) is 2. The molecule has 15 heavy (non-hydrogen) atoms. The summed E-state index contributed by atoms with van der Waals surface area (Å²) in [7, 11) is 4.14. The summed E-state index contributed by atoms with van der Waals surface area (Å²) in [6, 6.07) is 4.35. The first-order valence-electron chi connectivity index (χ1n) is 4.74. The average Bonchev–Trinajstić information content (AvgIpc) is 2.53. The van der Waals surface area contributed by atoms with E-state index in [0.29, 0.717) is 0 Å². The van der Waals surface area contributed by atoms with E-state index in [1.807, 2.05) is 11.3 Å². The average molecular weight is 238 g/mol. The van der Waals surface area contributed by atoms with Crippen molar-refractivity contribution in [1.29, 1.82) is 0 Å². The monoisotopic (exact) mass is 238 g/mol. The van der Waals surface area contributed by atoms with E-state index in [9.17, 15) is 0 Å². The molecule has 0 spiro atoms. The van der Waals surface area contributed by atoms with Gasteiger partial charge in [-0.3, -0.25) is 3.96 Å². The Morgan fingerprint density at radius 1 is 1.20 bits per heavy atom. The first-order chi connectivity index (χ1) is 7.16. The Morgan fingerprint density at radius 2 is 2.00 bits per heavy atom. The SMILES string of the molecule is Cc1ccc(-c2cn(C)ccsn2C)s1. The lowest BCUT2D eigenvalue weighted by Crippen LogP contribution is -1.90. The van der Waals surface area contributed by atoms with E-state index in [0.717, 1.165) is 0 Å². The van der Waals surface area contributed by atoms with Crippen molar-refractivity contribution < 1.29 is 0 Å². The van der Waals surface area contributed by atoms with E-state index in [4.69, 9.17) is 0 Å². The zero-order valence-electron chi connectivity index (χ0n) is 9.10. The number of hydrogen-bond donors (Lipinski definition) is 0. The minimum atomic E-state index is 1.26. The van der Waals surface area contributed by atoms with Gasteiger partial charge >= 0.3 is 0 Å². The summed E-state index contributed by atoms with van der Waals surface area (Å²) in [4.78, 5) is 2.67. The smallest absolute Gasteiger partial charge is 0.0838 e. The highest BCUT2D eigenvalue weighted by Gasteiger charge is 2.02. The summed E-state index contributed by atoms with van der Waals surface area (Å²) in [5, 5.41) is 2.09. The van der Waals surface area contributed by atoms with E-state index in [1.165, 1.54) is 15.4 Å². The summed E-state index contributed by atoms with van der Waals surface area (Å²) in [5.41, 5.74) is 1.26. The van der Waals surface area contributed by atoms with E-state index < -0.39 is 0 Å². The minimum absolute atomic E-state index is 1.26. The van der Waals surface area contributed by atoms with Gasteiger partial charge in [-0.1, -0.05) is 11.5 Å². The molecule has 2 nitrogen and oxygen atoms in total. The second kappa shape index (κ2) is 4.24. The number of thiophene rings is 1. The molecule has 2 aromatic heterocycles. The van der Waals surface area contributed by atoms with Crippen molar-refractivity contribution in [3.05, 3.63) is 34.8 Å².